The number of carbonyl (C=O) groups excluding carboxylic acids is 2. The van der Waals surface area contributed by atoms with E-state index in [1.165, 1.54) is 0 Å². The lowest BCUT2D eigenvalue weighted by Gasteiger charge is -2.31. The van der Waals surface area contributed by atoms with E-state index in [-0.39, 0.29) is 35.2 Å². The Morgan fingerprint density at radius 2 is 1.83 bits per heavy atom. The Balaban J connectivity index is 2.11. The van der Waals surface area contributed by atoms with Gasteiger partial charge in [0.1, 0.15) is 18.1 Å². The van der Waals surface area contributed by atoms with E-state index < -0.39 is 0 Å². The maximum absolute atomic E-state index is 13.1. The van der Waals surface area contributed by atoms with Crippen molar-refractivity contribution < 1.29 is 24.3 Å². The molecule has 0 radical (unpaired) electrons. The molecule has 0 aliphatic heterocycles. The molecule has 0 aromatic heterocycles. The van der Waals surface area contributed by atoms with Gasteiger partial charge in [0, 0.05) is 30.4 Å². The molecule has 6 nitrogen and oxygen atoms in total. The summed E-state index contributed by atoms with van der Waals surface area (Å²) in [5, 5.41) is 14.9. The predicted molar refractivity (Wildman–Crippen MR) is 116 cm³/mol. The largest absolute Gasteiger partial charge is 0.511 e. The predicted octanol–water partition coefficient (Wildman–Crippen LogP) is 4.89. The Kier molecular flexibility index (Phi) is 6.64. The van der Waals surface area contributed by atoms with Crippen LogP contribution < -0.4 is 4.74 Å². The van der Waals surface area contributed by atoms with Crippen molar-refractivity contribution in [1.82, 2.24) is 0 Å². The Labute approximate surface area is 177 Å². The lowest BCUT2D eigenvalue weighted by molar-refractivity contribution is -0.116. The van der Waals surface area contributed by atoms with Crippen LogP contribution in [0.25, 0.3) is 0 Å². The summed E-state index contributed by atoms with van der Waals surface area (Å²) in [6, 6.07) is 0. The quantitative estimate of drug-likeness (QED) is 0.530. The number of allylic oxidation sites excluding steroid dienone is 2. The fourth-order valence-electron chi connectivity index (χ4n) is 5.01. The van der Waals surface area contributed by atoms with Crippen LogP contribution in [0.3, 0.4) is 0 Å². The standard InChI is InChI=1S/C24H31NO5/c1-6-17(25-30-7-2)23-19(27)11-15(12-20(23)28)21-13(3)24(29-5)14(4)22-16(21)9-8-10-18(22)26/h15,27H,6-12H2,1-5H3. The highest BCUT2D eigenvalue weighted by atomic mass is 16.6. The van der Waals surface area contributed by atoms with E-state index in [0.29, 0.717) is 37.3 Å². The van der Waals surface area contributed by atoms with Crippen LogP contribution in [-0.4, -0.2) is 36.1 Å². The molecule has 0 amide bonds. The second kappa shape index (κ2) is 9.02. The highest BCUT2D eigenvalue weighted by Gasteiger charge is 2.36. The van der Waals surface area contributed by atoms with Crippen molar-refractivity contribution in [3.05, 3.63) is 39.1 Å². The van der Waals surface area contributed by atoms with Crippen molar-refractivity contribution in [1.29, 1.82) is 0 Å². The number of nitrogens with zero attached hydrogens (tertiary/aromatic N) is 1. The Morgan fingerprint density at radius 1 is 1.10 bits per heavy atom. The monoisotopic (exact) mass is 413 g/mol. The molecular weight excluding hydrogens is 382 g/mol. The minimum absolute atomic E-state index is 0.0476. The zero-order valence-corrected chi connectivity index (χ0v) is 18.6. The summed E-state index contributed by atoms with van der Waals surface area (Å²) >= 11 is 0. The van der Waals surface area contributed by atoms with Crippen molar-refractivity contribution in [2.45, 2.75) is 72.1 Å². The summed E-state index contributed by atoms with van der Waals surface area (Å²) in [6.07, 6.45) is 3.23. The average molecular weight is 414 g/mol. The number of aliphatic hydroxyl groups excluding tert-OH is 1. The van der Waals surface area contributed by atoms with E-state index in [4.69, 9.17) is 9.57 Å². The molecule has 1 unspecified atom stereocenters. The Morgan fingerprint density at radius 3 is 2.43 bits per heavy atom. The van der Waals surface area contributed by atoms with Crippen LogP contribution in [0, 0.1) is 13.8 Å². The molecule has 1 aromatic carbocycles. The number of Topliss-reactive ketones (excluding diaryl/α,β-unsaturated/α-hetero) is 2. The molecule has 162 valence electrons. The van der Waals surface area contributed by atoms with Crippen molar-refractivity contribution in [2.75, 3.05) is 13.7 Å². The lowest BCUT2D eigenvalue weighted by Crippen LogP contribution is -2.26. The third kappa shape index (κ3) is 3.75. The van der Waals surface area contributed by atoms with Crippen LogP contribution in [0.4, 0.5) is 0 Å². The van der Waals surface area contributed by atoms with E-state index in [9.17, 15) is 14.7 Å². The van der Waals surface area contributed by atoms with Crippen molar-refractivity contribution in [3.63, 3.8) is 0 Å². The van der Waals surface area contributed by atoms with Crippen LogP contribution in [0.15, 0.2) is 16.5 Å². The molecule has 3 rings (SSSR count). The van der Waals surface area contributed by atoms with E-state index in [0.717, 1.165) is 40.7 Å². The van der Waals surface area contributed by atoms with Gasteiger partial charge in [-0.25, -0.2) is 0 Å². The Bertz CT molecular complexity index is 942. The van der Waals surface area contributed by atoms with Crippen LogP contribution in [0.1, 0.15) is 84.5 Å². The SMILES string of the molecule is CCON=C(CC)C1=C(O)CC(c2c(C)c(OC)c(C)c3c2CCCC3=O)CC1=O. The third-order valence-electron chi connectivity index (χ3n) is 6.18. The summed E-state index contributed by atoms with van der Waals surface area (Å²) in [4.78, 5) is 30.9. The summed E-state index contributed by atoms with van der Waals surface area (Å²) in [6.45, 7) is 8.01. The molecule has 1 aromatic rings. The summed E-state index contributed by atoms with van der Waals surface area (Å²) in [7, 11) is 1.61. The fraction of sp³-hybridized carbons (Fsp3) is 0.542. The maximum Gasteiger partial charge on any atom is 0.168 e. The van der Waals surface area contributed by atoms with Gasteiger partial charge in [-0.1, -0.05) is 12.1 Å². The molecule has 0 spiro atoms. The number of oxime groups is 1. The number of ether oxygens (including phenoxy) is 1. The first-order valence-corrected chi connectivity index (χ1v) is 10.7. The fourth-order valence-corrected chi connectivity index (χ4v) is 5.01. The van der Waals surface area contributed by atoms with Gasteiger partial charge in [-0.2, -0.15) is 0 Å². The van der Waals surface area contributed by atoms with Crippen molar-refractivity contribution in [2.24, 2.45) is 5.16 Å². The van der Waals surface area contributed by atoms with Crippen molar-refractivity contribution >= 4 is 17.3 Å². The number of aliphatic hydroxyl groups is 1. The van der Waals surface area contributed by atoms with Gasteiger partial charge >= 0.3 is 0 Å². The molecule has 0 bridgehead atoms. The molecule has 30 heavy (non-hydrogen) atoms. The molecule has 0 saturated heterocycles. The zero-order valence-electron chi connectivity index (χ0n) is 18.6. The first-order chi connectivity index (χ1) is 14.3. The van der Waals surface area contributed by atoms with Gasteiger partial charge in [-0.3, -0.25) is 9.59 Å². The van der Waals surface area contributed by atoms with Crippen LogP contribution in [0.2, 0.25) is 0 Å². The Hall–Kier alpha value is -2.63. The maximum atomic E-state index is 13.1. The number of carbonyl (C=O) groups is 2. The second-order valence-corrected chi connectivity index (χ2v) is 7.99. The molecule has 0 saturated carbocycles. The van der Waals surface area contributed by atoms with Gasteiger partial charge in [-0.15, -0.1) is 0 Å². The molecule has 6 heteroatoms. The molecule has 0 fully saturated rings. The number of rotatable bonds is 6. The van der Waals surface area contributed by atoms with Crippen molar-refractivity contribution in [3.8, 4) is 5.75 Å². The third-order valence-corrected chi connectivity index (χ3v) is 6.18. The van der Waals surface area contributed by atoms with E-state index in [1.54, 1.807) is 7.11 Å². The van der Waals surface area contributed by atoms with E-state index >= 15 is 0 Å². The topological polar surface area (TPSA) is 85.2 Å². The van der Waals surface area contributed by atoms with Gasteiger partial charge < -0.3 is 14.7 Å². The normalized spacial score (nSPS) is 19.8. The average Bonchev–Trinajstić information content (AvgIpc) is 2.70. The second-order valence-electron chi connectivity index (χ2n) is 7.99. The highest BCUT2D eigenvalue weighted by molar-refractivity contribution is 6.23. The number of hydrogen-bond donors (Lipinski definition) is 1. The first kappa shape index (κ1) is 22.1. The zero-order chi connectivity index (χ0) is 22.0. The molecular formula is C24H31NO5. The van der Waals surface area contributed by atoms with Gasteiger partial charge in [0.25, 0.3) is 0 Å². The van der Waals surface area contributed by atoms with Gasteiger partial charge in [-0.05, 0) is 62.6 Å². The van der Waals surface area contributed by atoms with Crippen LogP contribution in [-0.2, 0) is 16.1 Å². The smallest absolute Gasteiger partial charge is 0.168 e. The minimum Gasteiger partial charge on any atom is -0.511 e. The van der Waals surface area contributed by atoms with Crippen LogP contribution in [0.5, 0.6) is 5.75 Å². The number of benzene rings is 1. The van der Waals surface area contributed by atoms with Crippen LogP contribution >= 0.6 is 0 Å². The summed E-state index contributed by atoms with van der Waals surface area (Å²) < 4.78 is 5.65. The van der Waals surface area contributed by atoms with Gasteiger partial charge in [0.2, 0.25) is 0 Å². The summed E-state index contributed by atoms with van der Waals surface area (Å²) in [5.41, 5.74) is 5.34. The highest BCUT2D eigenvalue weighted by Crippen LogP contribution is 2.44. The first-order valence-electron chi connectivity index (χ1n) is 10.7. The molecule has 0 heterocycles. The molecule has 1 atom stereocenters. The lowest BCUT2D eigenvalue weighted by atomic mass is 9.73. The number of hydrogen-bond acceptors (Lipinski definition) is 6. The van der Waals surface area contributed by atoms with E-state index in [2.05, 4.69) is 5.16 Å². The molecule has 2 aliphatic carbocycles. The number of ketones is 2. The number of methoxy groups -OCH3 is 1. The van der Waals surface area contributed by atoms with Gasteiger partial charge in [0.05, 0.1) is 18.4 Å². The minimum atomic E-state index is -0.194. The van der Waals surface area contributed by atoms with Gasteiger partial charge in [0.15, 0.2) is 11.6 Å². The van der Waals surface area contributed by atoms with E-state index in [1.807, 2.05) is 27.7 Å². The number of fused-ring (bicyclic) bond motifs is 1. The summed E-state index contributed by atoms with van der Waals surface area (Å²) in [5.74, 6) is 0.548. The molecule has 1 N–H and O–H groups in total. The molecule has 2 aliphatic rings.